The third-order valence-corrected chi connectivity index (χ3v) is 2.33. The molecular formula is C11H13N. The van der Waals surface area contributed by atoms with Crippen molar-refractivity contribution in [3.63, 3.8) is 0 Å². The zero-order valence-corrected chi connectivity index (χ0v) is 7.54. The molecule has 1 heterocycles. The van der Waals surface area contributed by atoms with Crippen molar-refractivity contribution in [3.8, 4) is 0 Å². The Morgan fingerprint density at radius 1 is 1.33 bits per heavy atom. The Morgan fingerprint density at radius 2 is 2.17 bits per heavy atom. The van der Waals surface area contributed by atoms with Crippen molar-refractivity contribution in [1.82, 2.24) is 4.90 Å². The molecule has 0 fully saturated rings. The summed E-state index contributed by atoms with van der Waals surface area (Å²) in [6.07, 6.45) is 4.32. The van der Waals surface area contributed by atoms with E-state index in [0.29, 0.717) is 0 Å². The normalized spacial score (nSPS) is 14.7. The summed E-state index contributed by atoms with van der Waals surface area (Å²) in [6.45, 7) is 3.20. The van der Waals surface area contributed by atoms with Crippen LogP contribution in [0.2, 0.25) is 0 Å². The second kappa shape index (κ2) is 2.67. The molecule has 0 aliphatic carbocycles. The van der Waals surface area contributed by atoms with Gasteiger partial charge < -0.3 is 4.90 Å². The lowest BCUT2D eigenvalue weighted by molar-refractivity contribution is 0.447. The van der Waals surface area contributed by atoms with Gasteiger partial charge in [0.15, 0.2) is 0 Å². The fourth-order valence-corrected chi connectivity index (χ4v) is 1.64. The smallest absolute Gasteiger partial charge is 0.0426 e. The van der Waals surface area contributed by atoms with Crippen LogP contribution in [-0.2, 0) is 6.54 Å². The SMILES string of the molecule is Cc1cccc2c1C=CN(C)C2. The average Bonchev–Trinajstić information content (AvgIpc) is 2.04. The van der Waals surface area contributed by atoms with Crippen molar-refractivity contribution in [2.75, 3.05) is 7.05 Å². The Hall–Kier alpha value is -1.24. The zero-order valence-electron chi connectivity index (χ0n) is 7.54. The molecule has 0 N–H and O–H groups in total. The number of rotatable bonds is 0. The quantitative estimate of drug-likeness (QED) is 0.562. The van der Waals surface area contributed by atoms with Gasteiger partial charge in [0, 0.05) is 13.6 Å². The third kappa shape index (κ3) is 1.11. The van der Waals surface area contributed by atoms with E-state index in [1.807, 2.05) is 0 Å². The van der Waals surface area contributed by atoms with E-state index in [-0.39, 0.29) is 0 Å². The summed E-state index contributed by atoms with van der Waals surface area (Å²) >= 11 is 0. The van der Waals surface area contributed by atoms with Gasteiger partial charge >= 0.3 is 0 Å². The predicted molar refractivity (Wildman–Crippen MR) is 51.7 cm³/mol. The highest BCUT2D eigenvalue weighted by Gasteiger charge is 2.07. The monoisotopic (exact) mass is 159 g/mol. The highest BCUT2D eigenvalue weighted by Crippen LogP contribution is 2.21. The number of benzene rings is 1. The average molecular weight is 159 g/mol. The van der Waals surface area contributed by atoms with E-state index in [9.17, 15) is 0 Å². The van der Waals surface area contributed by atoms with E-state index in [1.165, 1.54) is 16.7 Å². The highest BCUT2D eigenvalue weighted by molar-refractivity contribution is 5.59. The minimum absolute atomic E-state index is 1.04. The molecule has 12 heavy (non-hydrogen) atoms. The van der Waals surface area contributed by atoms with Crippen molar-refractivity contribution < 1.29 is 0 Å². The molecule has 0 atom stereocenters. The van der Waals surface area contributed by atoms with Gasteiger partial charge in [0.2, 0.25) is 0 Å². The van der Waals surface area contributed by atoms with Crippen LogP contribution >= 0.6 is 0 Å². The Kier molecular flexibility index (Phi) is 1.65. The van der Waals surface area contributed by atoms with Crippen molar-refractivity contribution in [2.24, 2.45) is 0 Å². The molecule has 0 spiro atoms. The number of fused-ring (bicyclic) bond motifs is 1. The molecule has 62 valence electrons. The lowest BCUT2D eigenvalue weighted by Gasteiger charge is -2.21. The molecule has 1 aliphatic heterocycles. The summed E-state index contributed by atoms with van der Waals surface area (Å²) in [5, 5.41) is 0. The maximum Gasteiger partial charge on any atom is 0.0426 e. The van der Waals surface area contributed by atoms with Crippen LogP contribution in [0.25, 0.3) is 6.08 Å². The summed E-state index contributed by atoms with van der Waals surface area (Å²) < 4.78 is 0. The van der Waals surface area contributed by atoms with E-state index in [4.69, 9.17) is 0 Å². The Balaban J connectivity index is 2.53. The molecule has 0 unspecified atom stereocenters. The molecular weight excluding hydrogens is 146 g/mol. The molecule has 1 aromatic rings. The van der Waals surface area contributed by atoms with Gasteiger partial charge in [-0.05, 0) is 35.9 Å². The first kappa shape index (κ1) is 7.41. The van der Waals surface area contributed by atoms with Gasteiger partial charge in [0.25, 0.3) is 0 Å². The molecule has 0 aromatic heterocycles. The largest absolute Gasteiger partial charge is 0.376 e. The number of nitrogens with zero attached hydrogens (tertiary/aromatic N) is 1. The van der Waals surface area contributed by atoms with E-state index in [0.717, 1.165) is 6.54 Å². The minimum Gasteiger partial charge on any atom is -0.376 e. The zero-order chi connectivity index (χ0) is 8.55. The first-order chi connectivity index (χ1) is 5.77. The van der Waals surface area contributed by atoms with Crippen LogP contribution in [0.4, 0.5) is 0 Å². The Bertz CT molecular complexity index is 326. The summed E-state index contributed by atoms with van der Waals surface area (Å²) in [6, 6.07) is 6.48. The molecule has 1 heteroatoms. The first-order valence-corrected chi connectivity index (χ1v) is 4.24. The van der Waals surface area contributed by atoms with Gasteiger partial charge in [-0.3, -0.25) is 0 Å². The predicted octanol–water partition coefficient (Wildman–Crippen LogP) is 2.41. The number of aryl methyl sites for hydroxylation is 1. The lowest BCUT2D eigenvalue weighted by Crippen LogP contribution is -2.14. The van der Waals surface area contributed by atoms with E-state index in [1.54, 1.807) is 0 Å². The van der Waals surface area contributed by atoms with Gasteiger partial charge in [-0.25, -0.2) is 0 Å². The molecule has 0 saturated carbocycles. The fourth-order valence-electron chi connectivity index (χ4n) is 1.64. The summed E-state index contributed by atoms with van der Waals surface area (Å²) in [5.74, 6) is 0. The number of hydrogen-bond acceptors (Lipinski definition) is 1. The van der Waals surface area contributed by atoms with Gasteiger partial charge in [-0.15, -0.1) is 0 Å². The van der Waals surface area contributed by atoms with Crippen molar-refractivity contribution in [2.45, 2.75) is 13.5 Å². The summed E-state index contributed by atoms with van der Waals surface area (Å²) in [7, 11) is 2.10. The standard InChI is InChI=1S/C11H13N/c1-9-4-3-5-10-8-12(2)7-6-11(9)10/h3-7H,8H2,1-2H3. The lowest BCUT2D eigenvalue weighted by atomic mass is 10.00. The summed E-state index contributed by atoms with van der Waals surface area (Å²) in [4.78, 5) is 2.20. The van der Waals surface area contributed by atoms with Crippen LogP contribution in [-0.4, -0.2) is 11.9 Å². The van der Waals surface area contributed by atoms with Gasteiger partial charge in [0.05, 0.1) is 0 Å². The molecule has 1 aromatic carbocycles. The highest BCUT2D eigenvalue weighted by atomic mass is 15.1. The van der Waals surface area contributed by atoms with E-state index in [2.05, 4.69) is 49.3 Å². The van der Waals surface area contributed by atoms with Gasteiger partial charge in [0.1, 0.15) is 0 Å². The fraction of sp³-hybridized carbons (Fsp3) is 0.273. The van der Waals surface area contributed by atoms with Crippen LogP contribution < -0.4 is 0 Å². The van der Waals surface area contributed by atoms with E-state index >= 15 is 0 Å². The third-order valence-electron chi connectivity index (χ3n) is 2.33. The molecule has 1 nitrogen and oxygen atoms in total. The Labute approximate surface area is 73.3 Å². The molecule has 0 amide bonds. The first-order valence-electron chi connectivity index (χ1n) is 4.24. The molecule has 1 aliphatic rings. The van der Waals surface area contributed by atoms with Crippen molar-refractivity contribution in [1.29, 1.82) is 0 Å². The summed E-state index contributed by atoms with van der Waals surface area (Å²) in [5.41, 5.74) is 4.20. The molecule has 0 bridgehead atoms. The molecule has 0 radical (unpaired) electrons. The Morgan fingerprint density at radius 3 is 3.00 bits per heavy atom. The van der Waals surface area contributed by atoms with Crippen LogP contribution in [0, 0.1) is 6.92 Å². The second-order valence-electron chi connectivity index (χ2n) is 3.38. The van der Waals surface area contributed by atoms with Crippen LogP contribution in [0.3, 0.4) is 0 Å². The minimum atomic E-state index is 1.04. The van der Waals surface area contributed by atoms with Crippen molar-refractivity contribution >= 4 is 6.08 Å². The maximum absolute atomic E-state index is 2.20. The van der Waals surface area contributed by atoms with Crippen LogP contribution in [0.1, 0.15) is 16.7 Å². The van der Waals surface area contributed by atoms with Crippen LogP contribution in [0.15, 0.2) is 24.4 Å². The number of hydrogen-bond donors (Lipinski definition) is 0. The molecule has 2 rings (SSSR count). The van der Waals surface area contributed by atoms with Crippen LogP contribution in [0.5, 0.6) is 0 Å². The second-order valence-corrected chi connectivity index (χ2v) is 3.38. The van der Waals surface area contributed by atoms with E-state index < -0.39 is 0 Å². The topological polar surface area (TPSA) is 3.24 Å². The van der Waals surface area contributed by atoms with Gasteiger partial charge in [-0.2, -0.15) is 0 Å². The molecule has 0 saturated heterocycles. The van der Waals surface area contributed by atoms with Gasteiger partial charge in [-0.1, -0.05) is 18.2 Å². The maximum atomic E-state index is 2.20. The van der Waals surface area contributed by atoms with Crippen molar-refractivity contribution in [3.05, 3.63) is 41.1 Å².